The Morgan fingerprint density at radius 2 is 2.08 bits per heavy atom. The Kier molecular flexibility index (Phi) is 3.91. The van der Waals surface area contributed by atoms with E-state index in [-0.39, 0.29) is 0 Å². The third-order valence-electron chi connectivity index (χ3n) is 3.31. The molecular weight excluding hydrogens is 162 g/mol. The minimum atomic E-state index is 0.447. The fraction of sp³-hybridized carbons (Fsp3) is 0.909. The van der Waals surface area contributed by atoms with E-state index in [1.54, 1.807) is 0 Å². The maximum Gasteiger partial charge on any atom is 0.134 e. The Balaban J connectivity index is 2.46. The van der Waals surface area contributed by atoms with E-state index < -0.39 is 0 Å². The molecule has 2 heteroatoms. The Morgan fingerprint density at radius 3 is 2.46 bits per heavy atom. The summed E-state index contributed by atoms with van der Waals surface area (Å²) in [6.07, 6.45) is 5.05. The predicted molar refractivity (Wildman–Crippen MR) is 54.8 cm³/mol. The van der Waals surface area contributed by atoms with Crippen molar-refractivity contribution in [1.29, 1.82) is 0 Å². The average Bonchev–Trinajstić information content (AvgIpc) is 2.54. The summed E-state index contributed by atoms with van der Waals surface area (Å²) in [5.74, 6) is 0.447. The van der Waals surface area contributed by atoms with Gasteiger partial charge < -0.3 is 4.90 Å². The maximum atomic E-state index is 11.1. The fourth-order valence-corrected chi connectivity index (χ4v) is 2.30. The lowest BCUT2D eigenvalue weighted by atomic mass is 10.1. The van der Waals surface area contributed by atoms with Crippen LogP contribution in [-0.2, 0) is 4.79 Å². The van der Waals surface area contributed by atoms with E-state index in [4.69, 9.17) is 0 Å². The normalized spacial score (nSPS) is 23.5. The van der Waals surface area contributed by atoms with E-state index in [0.29, 0.717) is 17.9 Å². The van der Waals surface area contributed by atoms with Gasteiger partial charge in [0.1, 0.15) is 5.78 Å². The van der Waals surface area contributed by atoms with Crippen molar-refractivity contribution in [3.63, 3.8) is 0 Å². The average molecular weight is 183 g/mol. The van der Waals surface area contributed by atoms with Crippen molar-refractivity contribution in [3.8, 4) is 0 Å². The van der Waals surface area contributed by atoms with Crippen LogP contribution in [0.25, 0.3) is 0 Å². The summed E-state index contributed by atoms with van der Waals surface area (Å²) >= 11 is 0. The van der Waals surface area contributed by atoms with Crippen molar-refractivity contribution in [2.45, 2.75) is 58.0 Å². The topological polar surface area (TPSA) is 20.3 Å². The molecular formula is C11H21NO. The number of hydrogen-bond donors (Lipinski definition) is 0. The van der Waals surface area contributed by atoms with E-state index in [1.165, 1.54) is 12.8 Å². The number of rotatable bonds is 4. The van der Waals surface area contributed by atoms with Crippen molar-refractivity contribution in [1.82, 2.24) is 4.90 Å². The summed E-state index contributed by atoms with van der Waals surface area (Å²) in [5, 5.41) is 0. The summed E-state index contributed by atoms with van der Waals surface area (Å²) in [5.41, 5.74) is 0. The number of carbonyl (C=O) groups is 1. The summed E-state index contributed by atoms with van der Waals surface area (Å²) in [7, 11) is 2.17. The summed E-state index contributed by atoms with van der Waals surface area (Å²) in [6.45, 7) is 4.45. The van der Waals surface area contributed by atoms with Crippen LogP contribution in [0.1, 0.15) is 46.0 Å². The molecule has 1 atom stereocenters. The van der Waals surface area contributed by atoms with Crippen molar-refractivity contribution in [2.75, 3.05) is 7.05 Å². The third-order valence-corrected chi connectivity index (χ3v) is 3.31. The molecule has 0 aromatic heterocycles. The van der Waals surface area contributed by atoms with Crippen LogP contribution < -0.4 is 0 Å². The molecule has 1 fully saturated rings. The molecule has 0 saturated heterocycles. The van der Waals surface area contributed by atoms with Gasteiger partial charge in [-0.1, -0.05) is 13.8 Å². The first-order chi connectivity index (χ1) is 6.19. The summed E-state index contributed by atoms with van der Waals surface area (Å²) in [4.78, 5) is 13.5. The quantitative estimate of drug-likeness (QED) is 0.666. The van der Waals surface area contributed by atoms with Crippen LogP contribution in [-0.4, -0.2) is 29.8 Å². The smallest absolute Gasteiger partial charge is 0.134 e. The molecule has 76 valence electrons. The largest absolute Gasteiger partial charge is 0.300 e. The van der Waals surface area contributed by atoms with Gasteiger partial charge >= 0.3 is 0 Å². The van der Waals surface area contributed by atoms with Crippen LogP contribution in [0.2, 0.25) is 0 Å². The van der Waals surface area contributed by atoms with Crippen LogP contribution in [0.4, 0.5) is 0 Å². The highest BCUT2D eigenvalue weighted by Crippen LogP contribution is 2.23. The molecule has 0 aliphatic heterocycles. The van der Waals surface area contributed by atoms with Crippen LogP contribution >= 0.6 is 0 Å². The van der Waals surface area contributed by atoms with Gasteiger partial charge in [0.15, 0.2) is 0 Å². The third kappa shape index (κ3) is 2.53. The Hall–Kier alpha value is -0.370. The molecule has 1 aliphatic rings. The Bertz CT molecular complexity index is 175. The Morgan fingerprint density at radius 1 is 1.46 bits per heavy atom. The lowest BCUT2D eigenvalue weighted by Gasteiger charge is -2.31. The highest BCUT2D eigenvalue weighted by molar-refractivity contribution is 5.81. The lowest BCUT2D eigenvalue weighted by molar-refractivity contribution is -0.117. The van der Waals surface area contributed by atoms with Crippen LogP contribution in [0.15, 0.2) is 0 Å². The highest BCUT2D eigenvalue weighted by Gasteiger charge is 2.28. The molecule has 2 nitrogen and oxygen atoms in total. The minimum Gasteiger partial charge on any atom is -0.300 e. The van der Waals surface area contributed by atoms with E-state index in [1.807, 2.05) is 0 Å². The van der Waals surface area contributed by atoms with Crippen LogP contribution in [0, 0.1) is 0 Å². The highest BCUT2D eigenvalue weighted by atomic mass is 16.1. The zero-order valence-corrected chi connectivity index (χ0v) is 9.05. The molecule has 1 unspecified atom stereocenters. The molecule has 0 spiro atoms. The van der Waals surface area contributed by atoms with Crippen molar-refractivity contribution < 1.29 is 4.79 Å². The van der Waals surface area contributed by atoms with E-state index in [0.717, 1.165) is 19.3 Å². The molecule has 0 bridgehead atoms. The Labute approximate surface area is 81.3 Å². The molecule has 0 radical (unpaired) electrons. The monoisotopic (exact) mass is 183 g/mol. The summed E-state index contributed by atoms with van der Waals surface area (Å²) < 4.78 is 0. The van der Waals surface area contributed by atoms with E-state index >= 15 is 0 Å². The van der Waals surface area contributed by atoms with Gasteiger partial charge in [-0.2, -0.15) is 0 Å². The zero-order valence-electron chi connectivity index (χ0n) is 9.05. The molecule has 0 N–H and O–H groups in total. The van der Waals surface area contributed by atoms with E-state index in [9.17, 15) is 4.79 Å². The molecule has 0 amide bonds. The second kappa shape index (κ2) is 4.75. The molecule has 0 aromatic rings. The SMILES string of the molecule is CCC(CC)N(C)C1CCC(=O)C1. The first-order valence-corrected chi connectivity index (χ1v) is 5.42. The van der Waals surface area contributed by atoms with Gasteiger partial charge in [-0.15, -0.1) is 0 Å². The van der Waals surface area contributed by atoms with Gasteiger partial charge in [-0.05, 0) is 26.3 Å². The number of hydrogen-bond acceptors (Lipinski definition) is 2. The molecule has 0 heterocycles. The second-order valence-electron chi connectivity index (χ2n) is 4.07. The molecule has 1 saturated carbocycles. The number of Topliss-reactive ketones (excluding diaryl/α,β-unsaturated/α-hetero) is 1. The van der Waals surface area contributed by atoms with Crippen molar-refractivity contribution in [2.24, 2.45) is 0 Å². The standard InChI is InChI=1S/C11H21NO/c1-4-9(5-2)12(3)10-6-7-11(13)8-10/h9-10H,4-8H2,1-3H3. The minimum absolute atomic E-state index is 0.447. The predicted octanol–water partition coefficient (Wildman–Crippen LogP) is 2.23. The fourth-order valence-electron chi connectivity index (χ4n) is 2.30. The van der Waals surface area contributed by atoms with Gasteiger partial charge in [0.25, 0.3) is 0 Å². The van der Waals surface area contributed by atoms with Gasteiger partial charge in [-0.25, -0.2) is 0 Å². The van der Waals surface area contributed by atoms with Crippen LogP contribution in [0.5, 0.6) is 0 Å². The lowest BCUT2D eigenvalue weighted by Crippen LogP contribution is -2.38. The summed E-state index contributed by atoms with van der Waals surface area (Å²) in [6, 6.07) is 1.19. The van der Waals surface area contributed by atoms with E-state index in [2.05, 4.69) is 25.8 Å². The van der Waals surface area contributed by atoms with Crippen LogP contribution in [0.3, 0.4) is 0 Å². The van der Waals surface area contributed by atoms with Gasteiger partial charge in [-0.3, -0.25) is 4.79 Å². The van der Waals surface area contributed by atoms with Gasteiger partial charge in [0.05, 0.1) is 0 Å². The van der Waals surface area contributed by atoms with Crippen molar-refractivity contribution >= 4 is 5.78 Å². The maximum absolute atomic E-state index is 11.1. The van der Waals surface area contributed by atoms with Gasteiger partial charge in [0.2, 0.25) is 0 Å². The molecule has 1 aliphatic carbocycles. The number of ketones is 1. The first kappa shape index (κ1) is 10.7. The zero-order chi connectivity index (χ0) is 9.84. The molecule has 1 rings (SSSR count). The number of nitrogens with zero attached hydrogens (tertiary/aromatic N) is 1. The molecule has 13 heavy (non-hydrogen) atoms. The molecule has 0 aromatic carbocycles. The second-order valence-corrected chi connectivity index (χ2v) is 4.07. The van der Waals surface area contributed by atoms with Crippen molar-refractivity contribution in [3.05, 3.63) is 0 Å². The first-order valence-electron chi connectivity index (χ1n) is 5.42. The number of carbonyl (C=O) groups excluding carboxylic acids is 1. The van der Waals surface area contributed by atoms with Gasteiger partial charge in [0, 0.05) is 24.9 Å².